The number of halogens is 2. The van der Waals surface area contributed by atoms with E-state index in [4.69, 9.17) is 5.26 Å². The Labute approximate surface area is 123 Å². The molecule has 0 N–H and O–H groups in total. The summed E-state index contributed by atoms with van der Waals surface area (Å²) < 4.78 is 13.8. The lowest BCUT2D eigenvalue weighted by atomic mass is 10.0. The molecule has 102 valence electrons. The Balaban J connectivity index is 2.01. The highest BCUT2D eigenvalue weighted by molar-refractivity contribution is 9.10. The van der Waals surface area contributed by atoms with Crippen LogP contribution in [0.1, 0.15) is 29.6 Å². The maximum Gasteiger partial charge on any atom is 0.299 e. The third-order valence-corrected chi connectivity index (χ3v) is 4.49. The smallest absolute Gasteiger partial charge is 0.299 e. The summed E-state index contributed by atoms with van der Waals surface area (Å²) in [5.74, 6) is -1.89. The molecule has 20 heavy (non-hydrogen) atoms. The van der Waals surface area contributed by atoms with E-state index in [-0.39, 0.29) is 11.0 Å². The van der Waals surface area contributed by atoms with Gasteiger partial charge in [-0.05, 0) is 40.9 Å². The molecule has 0 atom stereocenters. The lowest BCUT2D eigenvalue weighted by Crippen LogP contribution is -2.35. The van der Waals surface area contributed by atoms with Crippen LogP contribution in [-0.2, 0) is 4.79 Å². The molecule has 2 aliphatic rings. The Morgan fingerprint density at radius 2 is 2.10 bits per heavy atom. The highest BCUT2D eigenvalue weighted by atomic mass is 79.9. The topological polar surface area (TPSA) is 61.2 Å². The van der Waals surface area contributed by atoms with Gasteiger partial charge in [0.15, 0.2) is 0 Å². The van der Waals surface area contributed by atoms with Crippen LogP contribution < -0.4 is 4.90 Å². The van der Waals surface area contributed by atoms with Crippen LogP contribution in [0.5, 0.6) is 0 Å². The summed E-state index contributed by atoms with van der Waals surface area (Å²) in [5.41, 5.74) is 0.306. The average Bonchev–Trinajstić information content (AvgIpc) is 3.10. The van der Waals surface area contributed by atoms with E-state index in [1.54, 1.807) is 0 Å². The molecule has 3 rings (SSSR count). The number of Topliss-reactive ketones (excluding diaryl/α,β-unsaturated/α-hetero) is 1. The number of amides is 1. The molecule has 0 radical (unpaired) electrons. The van der Waals surface area contributed by atoms with Crippen LogP contribution in [0.2, 0.25) is 0 Å². The lowest BCUT2D eigenvalue weighted by molar-refractivity contribution is -0.114. The normalized spacial score (nSPS) is 18.9. The minimum Gasteiger partial charge on any atom is -0.303 e. The van der Waals surface area contributed by atoms with E-state index in [9.17, 15) is 14.0 Å². The van der Waals surface area contributed by atoms with Crippen LogP contribution in [0.3, 0.4) is 0 Å². The largest absolute Gasteiger partial charge is 0.303 e. The van der Waals surface area contributed by atoms with E-state index < -0.39 is 17.5 Å². The summed E-state index contributed by atoms with van der Waals surface area (Å²) in [6.45, 7) is 0.336. The van der Waals surface area contributed by atoms with E-state index in [0.717, 1.165) is 18.9 Å². The number of fused-ring (bicyclic) bond motifs is 1. The Morgan fingerprint density at radius 1 is 1.40 bits per heavy atom. The minimum absolute atomic E-state index is 0.0923. The van der Waals surface area contributed by atoms with Crippen LogP contribution in [0, 0.1) is 22.6 Å². The Morgan fingerprint density at radius 3 is 2.70 bits per heavy atom. The molecule has 1 heterocycles. The first-order valence-corrected chi connectivity index (χ1v) is 6.99. The summed E-state index contributed by atoms with van der Waals surface area (Å²) >= 11 is 3.21. The number of carbonyl (C=O) groups is 2. The number of carbonyl (C=O) groups excluding carboxylic acids is 2. The number of anilines is 1. The standard InChI is InChI=1S/C14H10BrFN2O2/c15-10-6-8(16)5-9-11(10)18(13(20)12(9)19)7-14(1-2-14)3-4-17/h5-6H,1-3,7H2. The maximum absolute atomic E-state index is 13.4. The predicted octanol–water partition coefficient (Wildman–Crippen LogP) is 2.81. The zero-order chi connectivity index (χ0) is 14.5. The molecule has 4 nitrogen and oxygen atoms in total. The first kappa shape index (κ1) is 13.3. The van der Waals surface area contributed by atoms with Crippen molar-refractivity contribution < 1.29 is 14.0 Å². The van der Waals surface area contributed by atoms with Gasteiger partial charge in [-0.1, -0.05) is 0 Å². The molecule has 1 aliphatic heterocycles. The second-order valence-corrected chi connectivity index (χ2v) is 6.19. The van der Waals surface area contributed by atoms with Gasteiger partial charge in [0.05, 0.1) is 17.3 Å². The number of nitrogens with zero attached hydrogens (tertiary/aromatic N) is 2. The van der Waals surface area contributed by atoms with Gasteiger partial charge in [0.1, 0.15) is 5.82 Å². The van der Waals surface area contributed by atoms with Crippen LogP contribution >= 0.6 is 15.9 Å². The molecular formula is C14H10BrFN2O2. The quantitative estimate of drug-likeness (QED) is 0.797. The van der Waals surface area contributed by atoms with Gasteiger partial charge in [0, 0.05) is 22.9 Å². The maximum atomic E-state index is 13.4. The molecule has 6 heteroatoms. The fourth-order valence-electron chi connectivity index (χ4n) is 2.57. The number of rotatable bonds is 3. The van der Waals surface area contributed by atoms with Gasteiger partial charge in [0.2, 0.25) is 0 Å². The van der Waals surface area contributed by atoms with E-state index in [0.29, 0.717) is 23.1 Å². The number of hydrogen-bond donors (Lipinski definition) is 0. The van der Waals surface area contributed by atoms with Crippen molar-refractivity contribution in [1.82, 2.24) is 0 Å². The third kappa shape index (κ3) is 1.93. The van der Waals surface area contributed by atoms with E-state index in [1.807, 2.05) is 0 Å². The van der Waals surface area contributed by atoms with Gasteiger partial charge >= 0.3 is 0 Å². The summed E-state index contributed by atoms with van der Waals surface area (Å²) in [4.78, 5) is 25.4. The monoisotopic (exact) mass is 336 g/mol. The molecule has 1 saturated carbocycles. The summed E-state index contributed by atoms with van der Waals surface area (Å²) in [5, 5.41) is 8.84. The van der Waals surface area contributed by atoms with Crippen molar-refractivity contribution in [2.24, 2.45) is 5.41 Å². The number of ketones is 1. The minimum atomic E-state index is -0.687. The van der Waals surface area contributed by atoms with Gasteiger partial charge in [-0.15, -0.1) is 0 Å². The van der Waals surface area contributed by atoms with Crippen LogP contribution in [-0.4, -0.2) is 18.2 Å². The molecule has 0 spiro atoms. The van der Waals surface area contributed by atoms with Crippen molar-refractivity contribution in [3.8, 4) is 6.07 Å². The average molecular weight is 337 g/mol. The van der Waals surface area contributed by atoms with Gasteiger partial charge in [-0.2, -0.15) is 5.26 Å². The molecule has 0 aromatic heterocycles. The third-order valence-electron chi connectivity index (χ3n) is 3.89. The Bertz CT molecular complexity index is 676. The van der Waals surface area contributed by atoms with Crippen molar-refractivity contribution in [3.05, 3.63) is 28.0 Å². The van der Waals surface area contributed by atoms with E-state index in [1.165, 1.54) is 11.0 Å². The SMILES string of the molecule is N#CCC1(CN2C(=O)C(=O)c3cc(F)cc(Br)c32)CC1. The molecule has 0 saturated heterocycles. The zero-order valence-corrected chi connectivity index (χ0v) is 12.0. The fraction of sp³-hybridized carbons (Fsp3) is 0.357. The Hall–Kier alpha value is -1.74. The van der Waals surface area contributed by atoms with Crippen LogP contribution in [0.25, 0.3) is 0 Å². The molecular weight excluding hydrogens is 327 g/mol. The van der Waals surface area contributed by atoms with Gasteiger partial charge in [-0.3, -0.25) is 9.59 Å². The summed E-state index contributed by atoms with van der Waals surface area (Å²) in [6, 6.07) is 4.45. The lowest BCUT2D eigenvalue weighted by Gasteiger charge is -2.22. The van der Waals surface area contributed by atoms with Crippen molar-refractivity contribution in [2.75, 3.05) is 11.4 Å². The van der Waals surface area contributed by atoms with E-state index >= 15 is 0 Å². The molecule has 1 aliphatic carbocycles. The first-order valence-electron chi connectivity index (χ1n) is 6.20. The van der Waals surface area contributed by atoms with Gasteiger partial charge in [0.25, 0.3) is 11.7 Å². The van der Waals surface area contributed by atoms with Crippen LogP contribution in [0.15, 0.2) is 16.6 Å². The summed E-state index contributed by atoms with van der Waals surface area (Å²) in [7, 11) is 0. The number of benzene rings is 1. The molecule has 1 amide bonds. The van der Waals surface area contributed by atoms with Crippen molar-refractivity contribution in [1.29, 1.82) is 5.26 Å². The highest BCUT2D eigenvalue weighted by Gasteiger charge is 2.48. The van der Waals surface area contributed by atoms with Crippen molar-refractivity contribution >= 4 is 33.3 Å². The summed E-state index contributed by atoms with van der Waals surface area (Å²) in [6.07, 6.45) is 2.10. The highest BCUT2D eigenvalue weighted by Crippen LogP contribution is 2.51. The van der Waals surface area contributed by atoms with Crippen LogP contribution in [0.4, 0.5) is 10.1 Å². The fourth-order valence-corrected chi connectivity index (χ4v) is 3.22. The molecule has 1 aromatic carbocycles. The van der Waals surface area contributed by atoms with E-state index in [2.05, 4.69) is 22.0 Å². The predicted molar refractivity (Wildman–Crippen MR) is 72.7 cm³/mol. The zero-order valence-electron chi connectivity index (χ0n) is 10.4. The van der Waals surface area contributed by atoms with Gasteiger partial charge in [-0.25, -0.2) is 4.39 Å². The molecule has 0 unspecified atom stereocenters. The molecule has 1 fully saturated rings. The second-order valence-electron chi connectivity index (χ2n) is 5.34. The molecule has 0 bridgehead atoms. The van der Waals surface area contributed by atoms with Crippen molar-refractivity contribution in [3.63, 3.8) is 0 Å². The first-order chi connectivity index (χ1) is 9.47. The second kappa shape index (κ2) is 4.38. The molecule has 1 aromatic rings. The van der Waals surface area contributed by atoms with Crippen molar-refractivity contribution in [2.45, 2.75) is 19.3 Å². The number of nitriles is 1. The van der Waals surface area contributed by atoms with Gasteiger partial charge < -0.3 is 4.90 Å². The number of hydrogen-bond acceptors (Lipinski definition) is 3. The Kier molecular flexibility index (Phi) is 2.91.